The fraction of sp³-hybridized carbons (Fsp3) is 0.887. The largest absolute Gasteiger partial charge is 0.462 e. The molecular weight excluding hydrogens is 841 g/mol. The monoisotopic (exact) mass is 957 g/mol. The normalized spacial score (nSPS) is 12.1. The van der Waals surface area contributed by atoms with Crippen LogP contribution < -0.4 is 0 Å². The number of carbonyl (C=O) groups is 3. The first-order valence-corrected chi connectivity index (χ1v) is 30.3. The quantitative estimate of drug-likeness (QED) is 0.0262. The maximum atomic E-state index is 12.8. The average molecular weight is 958 g/mol. The molecule has 1 unspecified atom stereocenters. The van der Waals surface area contributed by atoms with Gasteiger partial charge in [0.15, 0.2) is 6.10 Å². The number of ether oxygens (including phenoxy) is 3. The van der Waals surface area contributed by atoms with E-state index in [1.54, 1.807) is 0 Å². The summed E-state index contributed by atoms with van der Waals surface area (Å²) >= 11 is 0. The highest BCUT2D eigenvalue weighted by atomic mass is 16.6. The van der Waals surface area contributed by atoms with E-state index in [2.05, 4.69) is 45.1 Å². The smallest absolute Gasteiger partial charge is 0.306 e. The summed E-state index contributed by atoms with van der Waals surface area (Å²) in [4.78, 5) is 38.0. The zero-order chi connectivity index (χ0) is 49.3. The van der Waals surface area contributed by atoms with Crippen molar-refractivity contribution in [2.75, 3.05) is 13.2 Å². The maximum absolute atomic E-state index is 12.8. The van der Waals surface area contributed by atoms with E-state index >= 15 is 0 Å². The van der Waals surface area contributed by atoms with Crippen molar-refractivity contribution in [1.29, 1.82) is 0 Å². The van der Waals surface area contributed by atoms with Crippen LogP contribution in [0.25, 0.3) is 0 Å². The summed E-state index contributed by atoms with van der Waals surface area (Å²) in [6, 6.07) is 0. The first-order chi connectivity index (χ1) is 33.5. The van der Waals surface area contributed by atoms with Crippen LogP contribution in [0.15, 0.2) is 24.3 Å². The van der Waals surface area contributed by atoms with Gasteiger partial charge in [0, 0.05) is 19.3 Å². The van der Waals surface area contributed by atoms with Crippen molar-refractivity contribution in [3.63, 3.8) is 0 Å². The minimum atomic E-state index is -0.763. The molecule has 0 fully saturated rings. The van der Waals surface area contributed by atoms with Crippen LogP contribution in [0.2, 0.25) is 0 Å². The Kier molecular flexibility index (Phi) is 55.7. The van der Waals surface area contributed by atoms with Crippen LogP contribution in [0.3, 0.4) is 0 Å². The lowest BCUT2D eigenvalue weighted by molar-refractivity contribution is -0.167. The maximum Gasteiger partial charge on any atom is 0.306 e. The SMILES string of the molecule is CCCCCCC/C=C\C/C=C\CCCCCCCCCCCCCCCCCCCC(=O)OCC(COC(=O)CCCCCCCCCCC)OC(=O)CCCCCCCCCCCCCC. The van der Waals surface area contributed by atoms with Gasteiger partial charge in [0.25, 0.3) is 0 Å². The molecule has 0 amide bonds. The molecule has 6 heteroatoms. The highest BCUT2D eigenvalue weighted by Gasteiger charge is 2.19. The Morgan fingerprint density at radius 1 is 0.294 bits per heavy atom. The number of carbonyl (C=O) groups excluding carboxylic acids is 3. The summed E-state index contributed by atoms with van der Waals surface area (Å²) < 4.78 is 16.8. The zero-order valence-electron chi connectivity index (χ0n) is 45.9. The highest BCUT2D eigenvalue weighted by molar-refractivity contribution is 5.71. The van der Waals surface area contributed by atoms with E-state index in [0.717, 1.165) is 64.2 Å². The van der Waals surface area contributed by atoms with Crippen LogP contribution in [0.4, 0.5) is 0 Å². The number of hydrogen-bond donors (Lipinski definition) is 0. The predicted octanol–water partition coefficient (Wildman–Crippen LogP) is 20.3. The third kappa shape index (κ3) is 54.8. The molecule has 0 rings (SSSR count). The summed E-state index contributed by atoms with van der Waals surface area (Å²) in [6.45, 7) is 6.65. The number of esters is 3. The van der Waals surface area contributed by atoms with E-state index in [1.807, 2.05) is 0 Å². The summed E-state index contributed by atoms with van der Waals surface area (Å²) in [7, 11) is 0. The lowest BCUT2D eigenvalue weighted by Crippen LogP contribution is -2.30. The molecule has 400 valence electrons. The standard InChI is InChI=1S/C62H116O6/c1-4-7-10-13-16-19-21-23-24-25-26-27-28-29-30-31-32-33-34-35-36-37-38-39-41-43-46-49-52-55-61(64)67-58-59(57-66-60(63)54-51-48-45-42-18-15-12-9-6-3)68-62(65)56-53-50-47-44-40-22-20-17-14-11-8-5-2/h21,23,25-26,59H,4-20,22,24,27-58H2,1-3H3/b23-21-,26-25-. The van der Waals surface area contributed by atoms with Gasteiger partial charge >= 0.3 is 17.9 Å². The first-order valence-electron chi connectivity index (χ1n) is 30.3. The fourth-order valence-electron chi connectivity index (χ4n) is 9.12. The van der Waals surface area contributed by atoms with Crippen molar-refractivity contribution in [3.05, 3.63) is 24.3 Å². The summed E-state index contributed by atoms with van der Waals surface area (Å²) in [5.41, 5.74) is 0. The second-order valence-corrected chi connectivity index (χ2v) is 20.6. The number of hydrogen-bond acceptors (Lipinski definition) is 6. The molecule has 0 saturated heterocycles. The van der Waals surface area contributed by atoms with E-state index in [9.17, 15) is 14.4 Å². The second kappa shape index (κ2) is 57.5. The van der Waals surface area contributed by atoms with Gasteiger partial charge < -0.3 is 14.2 Å². The minimum absolute atomic E-state index is 0.0649. The van der Waals surface area contributed by atoms with Gasteiger partial charge in [-0.3, -0.25) is 14.4 Å². The molecule has 0 saturated carbocycles. The van der Waals surface area contributed by atoms with Crippen molar-refractivity contribution in [3.8, 4) is 0 Å². The van der Waals surface area contributed by atoms with E-state index < -0.39 is 6.10 Å². The second-order valence-electron chi connectivity index (χ2n) is 20.6. The lowest BCUT2D eigenvalue weighted by Gasteiger charge is -2.18. The molecule has 0 aliphatic rings. The fourth-order valence-corrected chi connectivity index (χ4v) is 9.12. The number of rotatable bonds is 56. The summed E-state index contributed by atoms with van der Waals surface area (Å²) in [5.74, 6) is -0.847. The molecule has 68 heavy (non-hydrogen) atoms. The molecule has 1 atom stereocenters. The topological polar surface area (TPSA) is 78.9 Å². The Bertz CT molecular complexity index is 1100. The van der Waals surface area contributed by atoms with Gasteiger partial charge in [-0.25, -0.2) is 0 Å². The van der Waals surface area contributed by atoms with Gasteiger partial charge in [-0.1, -0.05) is 289 Å². The number of allylic oxidation sites excluding steroid dienone is 4. The lowest BCUT2D eigenvalue weighted by atomic mass is 10.0. The summed E-state index contributed by atoms with van der Waals surface area (Å²) in [5, 5.41) is 0. The van der Waals surface area contributed by atoms with Gasteiger partial charge in [-0.15, -0.1) is 0 Å². The Morgan fingerprint density at radius 2 is 0.529 bits per heavy atom. The van der Waals surface area contributed by atoms with E-state index in [1.165, 1.54) is 231 Å². The minimum Gasteiger partial charge on any atom is -0.462 e. The van der Waals surface area contributed by atoms with E-state index in [-0.39, 0.29) is 31.1 Å². The number of unbranched alkanes of at least 4 members (excludes halogenated alkanes) is 41. The molecule has 0 heterocycles. The van der Waals surface area contributed by atoms with Crippen LogP contribution in [0.1, 0.15) is 335 Å². The highest BCUT2D eigenvalue weighted by Crippen LogP contribution is 2.17. The zero-order valence-corrected chi connectivity index (χ0v) is 45.9. The molecule has 6 nitrogen and oxygen atoms in total. The molecular formula is C62H116O6. The van der Waals surface area contributed by atoms with Crippen molar-refractivity contribution in [1.82, 2.24) is 0 Å². The van der Waals surface area contributed by atoms with E-state index in [0.29, 0.717) is 19.3 Å². The Labute approximate surface area is 423 Å². The average Bonchev–Trinajstić information content (AvgIpc) is 3.34. The third-order valence-electron chi connectivity index (χ3n) is 13.7. The van der Waals surface area contributed by atoms with Crippen LogP contribution in [0, 0.1) is 0 Å². The van der Waals surface area contributed by atoms with Crippen LogP contribution in [-0.2, 0) is 28.6 Å². The molecule has 0 aromatic carbocycles. The predicted molar refractivity (Wildman–Crippen MR) is 293 cm³/mol. The molecule has 0 radical (unpaired) electrons. The van der Waals surface area contributed by atoms with Gasteiger partial charge in [0.05, 0.1) is 0 Å². The molecule has 0 aliphatic heterocycles. The van der Waals surface area contributed by atoms with E-state index in [4.69, 9.17) is 14.2 Å². The van der Waals surface area contributed by atoms with Crippen molar-refractivity contribution >= 4 is 17.9 Å². The third-order valence-corrected chi connectivity index (χ3v) is 13.7. The van der Waals surface area contributed by atoms with Gasteiger partial charge in [0.2, 0.25) is 0 Å². The molecule has 0 aromatic rings. The molecule has 0 bridgehead atoms. The molecule has 0 aliphatic carbocycles. The van der Waals surface area contributed by atoms with Gasteiger partial charge in [-0.2, -0.15) is 0 Å². The Balaban J connectivity index is 4.03. The van der Waals surface area contributed by atoms with Crippen molar-refractivity contribution < 1.29 is 28.6 Å². The molecule has 0 spiro atoms. The molecule has 0 aromatic heterocycles. The first kappa shape index (κ1) is 65.9. The van der Waals surface area contributed by atoms with Crippen LogP contribution in [0.5, 0.6) is 0 Å². The van der Waals surface area contributed by atoms with Crippen molar-refractivity contribution in [2.24, 2.45) is 0 Å². The van der Waals surface area contributed by atoms with Gasteiger partial charge in [0.1, 0.15) is 13.2 Å². The Morgan fingerprint density at radius 3 is 0.809 bits per heavy atom. The van der Waals surface area contributed by atoms with Crippen LogP contribution in [-0.4, -0.2) is 37.2 Å². The van der Waals surface area contributed by atoms with Crippen molar-refractivity contribution in [2.45, 2.75) is 341 Å². The van der Waals surface area contributed by atoms with Gasteiger partial charge in [-0.05, 0) is 51.4 Å². The molecule has 0 N–H and O–H groups in total. The van der Waals surface area contributed by atoms with Crippen LogP contribution >= 0.6 is 0 Å². The Hall–Kier alpha value is -2.11. The summed E-state index contributed by atoms with van der Waals surface area (Å²) in [6.07, 6.45) is 67.7.